The summed E-state index contributed by atoms with van der Waals surface area (Å²) < 4.78 is 4.64. The first-order valence-electron chi connectivity index (χ1n) is 4.52. The van der Waals surface area contributed by atoms with E-state index < -0.39 is 0 Å². The highest BCUT2D eigenvalue weighted by molar-refractivity contribution is 5.77. The molecular weight excluding hydrogens is 198 g/mol. The van der Waals surface area contributed by atoms with Crippen LogP contribution in [0.4, 0.5) is 0 Å². The first kappa shape index (κ1) is 11.4. The Kier molecular flexibility index (Phi) is 4.49. The van der Waals surface area contributed by atoms with Crippen LogP contribution >= 0.6 is 0 Å². The molecule has 1 heterocycles. The van der Waals surface area contributed by atoms with Crippen molar-refractivity contribution in [2.45, 2.75) is 6.42 Å². The van der Waals surface area contributed by atoms with Gasteiger partial charge in [-0.1, -0.05) is 0 Å². The van der Waals surface area contributed by atoms with Crippen LogP contribution in [0.1, 0.15) is 5.82 Å². The lowest BCUT2D eigenvalue weighted by Crippen LogP contribution is -2.29. The Bertz CT molecular complexity index is 375. The van der Waals surface area contributed by atoms with Gasteiger partial charge in [0, 0.05) is 32.3 Å². The number of rotatable bonds is 5. The number of nitrogens with zero attached hydrogens (tertiary/aromatic N) is 1. The molecule has 15 heavy (non-hydrogen) atoms. The van der Waals surface area contributed by atoms with Crippen molar-refractivity contribution in [2.24, 2.45) is 0 Å². The van der Waals surface area contributed by atoms with Crippen LogP contribution in [0.5, 0.6) is 0 Å². The van der Waals surface area contributed by atoms with E-state index in [9.17, 15) is 9.59 Å². The quantitative estimate of drug-likeness (QED) is 0.659. The maximum Gasteiger partial charge on any atom is 0.250 e. The van der Waals surface area contributed by atoms with Gasteiger partial charge in [-0.05, 0) is 0 Å². The molecule has 0 aliphatic rings. The number of nitrogens with one attached hydrogen (secondary N) is 2. The van der Waals surface area contributed by atoms with E-state index in [0.29, 0.717) is 18.8 Å². The number of carbonyl (C=O) groups excluding carboxylic acids is 1. The lowest BCUT2D eigenvalue weighted by molar-refractivity contribution is -0.124. The van der Waals surface area contributed by atoms with Crippen LogP contribution in [0.25, 0.3) is 0 Å². The number of methoxy groups -OCH3 is 1. The fourth-order valence-electron chi connectivity index (χ4n) is 1.04. The second kappa shape index (κ2) is 5.92. The van der Waals surface area contributed by atoms with Crippen molar-refractivity contribution < 1.29 is 9.53 Å². The van der Waals surface area contributed by atoms with E-state index in [2.05, 4.69) is 20.0 Å². The average molecular weight is 211 g/mol. The molecule has 0 aromatic carbocycles. The normalized spacial score (nSPS) is 9.93. The topological polar surface area (TPSA) is 84.1 Å². The number of aromatic nitrogens is 2. The van der Waals surface area contributed by atoms with Gasteiger partial charge in [0.15, 0.2) is 0 Å². The second-order valence-corrected chi connectivity index (χ2v) is 2.91. The molecule has 0 unspecified atom stereocenters. The van der Waals surface area contributed by atoms with Crippen LogP contribution in [0, 0.1) is 0 Å². The molecule has 6 nitrogen and oxygen atoms in total. The Morgan fingerprint density at radius 2 is 2.47 bits per heavy atom. The lowest BCUT2D eigenvalue weighted by atomic mass is 10.4. The van der Waals surface area contributed by atoms with Gasteiger partial charge < -0.3 is 15.0 Å². The molecule has 2 N–H and O–H groups in total. The van der Waals surface area contributed by atoms with Gasteiger partial charge in [-0.2, -0.15) is 0 Å². The summed E-state index contributed by atoms with van der Waals surface area (Å²) in [5, 5.41) is 2.63. The summed E-state index contributed by atoms with van der Waals surface area (Å²) in [5.74, 6) is 0.371. The average Bonchev–Trinajstić information content (AvgIpc) is 2.18. The van der Waals surface area contributed by atoms with Gasteiger partial charge in [-0.15, -0.1) is 0 Å². The molecule has 0 atom stereocenters. The molecule has 0 saturated heterocycles. The SMILES string of the molecule is COCC(=O)NCCc1nccc(=O)[nH]1. The van der Waals surface area contributed by atoms with Gasteiger partial charge in [0.05, 0.1) is 0 Å². The van der Waals surface area contributed by atoms with Gasteiger partial charge in [0.2, 0.25) is 5.91 Å². The molecule has 1 amide bonds. The summed E-state index contributed by atoms with van der Waals surface area (Å²) in [6, 6.07) is 1.34. The number of H-pyrrole nitrogens is 1. The molecular formula is C9H13N3O3. The lowest BCUT2D eigenvalue weighted by Gasteiger charge is -2.03. The predicted octanol–water partition coefficient (Wildman–Crippen LogP) is -0.925. The van der Waals surface area contributed by atoms with E-state index in [0.717, 1.165) is 0 Å². The molecule has 0 spiro atoms. The van der Waals surface area contributed by atoms with Crippen LogP contribution in [-0.4, -0.2) is 36.1 Å². The zero-order valence-corrected chi connectivity index (χ0v) is 8.45. The van der Waals surface area contributed by atoms with Gasteiger partial charge in [-0.25, -0.2) is 4.98 Å². The van der Waals surface area contributed by atoms with Gasteiger partial charge in [-0.3, -0.25) is 9.59 Å². The maximum atomic E-state index is 11.0. The van der Waals surface area contributed by atoms with Crippen LogP contribution in [0.2, 0.25) is 0 Å². The Labute approximate surface area is 86.7 Å². The smallest absolute Gasteiger partial charge is 0.250 e. The van der Waals surface area contributed by atoms with Crippen molar-refractivity contribution in [1.82, 2.24) is 15.3 Å². The first-order valence-corrected chi connectivity index (χ1v) is 4.52. The minimum absolute atomic E-state index is 0.0404. The monoisotopic (exact) mass is 211 g/mol. The first-order chi connectivity index (χ1) is 7.22. The van der Waals surface area contributed by atoms with Crippen LogP contribution in [0.3, 0.4) is 0 Å². The van der Waals surface area contributed by atoms with Crippen molar-refractivity contribution in [3.63, 3.8) is 0 Å². The number of hydrogen-bond acceptors (Lipinski definition) is 4. The summed E-state index contributed by atoms with van der Waals surface area (Å²) >= 11 is 0. The third-order valence-electron chi connectivity index (χ3n) is 1.68. The number of amides is 1. The van der Waals surface area contributed by atoms with Gasteiger partial charge in [0.1, 0.15) is 12.4 Å². The number of hydrogen-bond donors (Lipinski definition) is 2. The summed E-state index contributed by atoms with van der Waals surface area (Å²) in [6.07, 6.45) is 1.93. The molecule has 1 aromatic heterocycles. The summed E-state index contributed by atoms with van der Waals surface area (Å²) in [7, 11) is 1.45. The van der Waals surface area contributed by atoms with Gasteiger partial charge in [0.25, 0.3) is 5.56 Å². The summed E-state index contributed by atoms with van der Waals surface area (Å²) in [6.45, 7) is 0.466. The minimum Gasteiger partial charge on any atom is -0.375 e. The second-order valence-electron chi connectivity index (χ2n) is 2.91. The minimum atomic E-state index is -0.191. The third kappa shape index (κ3) is 4.37. The van der Waals surface area contributed by atoms with Crippen molar-refractivity contribution in [3.05, 3.63) is 28.4 Å². The molecule has 0 radical (unpaired) electrons. The van der Waals surface area contributed by atoms with Crippen molar-refractivity contribution in [2.75, 3.05) is 20.3 Å². The Morgan fingerprint density at radius 3 is 3.13 bits per heavy atom. The molecule has 1 aromatic rings. The molecule has 0 fully saturated rings. The number of ether oxygens (including phenoxy) is 1. The third-order valence-corrected chi connectivity index (χ3v) is 1.68. The van der Waals surface area contributed by atoms with Gasteiger partial charge >= 0.3 is 0 Å². The maximum absolute atomic E-state index is 11.0. The van der Waals surface area contributed by atoms with E-state index in [-0.39, 0.29) is 18.1 Å². The summed E-state index contributed by atoms with van der Waals surface area (Å²) in [5.41, 5.74) is -0.191. The Hall–Kier alpha value is -1.69. The Balaban J connectivity index is 2.32. The highest BCUT2D eigenvalue weighted by Gasteiger charge is 2.00. The number of carbonyl (C=O) groups is 1. The fraction of sp³-hybridized carbons (Fsp3) is 0.444. The molecule has 1 rings (SSSR count). The largest absolute Gasteiger partial charge is 0.375 e. The summed E-state index contributed by atoms with van der Waals surface area (Å²) in [4.78, 5) is 28.4. The van der Waals surface area contributed by atoms with E-state index in [1.54, 1.807) is 0 Å². The van der Waals surface area contributed by atoms with E-state index in [1.165, 1.54) is 19.4 Å². The molecule has 82 valence electrons. The van der Waals surface area contributed by atoms with Crippen molar-refractivity contribution >= 4 is 5.91 Å². The highest BCUT2D eigenvalue weighted by Crippen LogP contribution is 1.84. The van der Waals surface area contributed by atoms with E-state index >= 15 is 0 Å². The van der Waals surface area contributed by atoms with Crippen LogP contribution in [0.15, 0.2) is 17.1 Å². The molecule has 0 saturated carbocycles. The van der Waals surface area contributed by atoms with Crippen molar-refractivity contribution in [1.29, 1.82) is 0 Å². The van der Waals surface area contributed by atoms with Crippen molar-refractivity contribution in [3.8, 4) is 0 Å². The van der Waals surface area contributed by atoms with E-state index in [1.807, 2.05) is 0 Å². The molecule has 6 heteroatoms. The zero-order chi connectivity index (χ0) is 11.1. The van der Waals surface area contributed by atoms with Crippen LogP contribution < -0.4 is 10.9 Å². The fourth-order valence-corrected chi connectivity index (χ4v) is 1.04. The van der Waals surface area contributed by atoms with E-state index in [4.69, 9.17) is 0 Å². The molecule has 0 bridgehead atoms. The predicted molar refractivity (Wildman–Crippen MR) is 53.4 cm³/mol. The van der Waals surface area contributed by atoms with Crippen LogP contribution in [-0.2, 0) is 16.0 Å². The highest BCUT2D eigenvalue weighted by atomic mass is 16.5. The standard InChI is InChI=1S/C9H13N3O3/c1-15-6-9(14)11-4-2-7-10-5-3-8(13)12-7/h3,5H,2,4,6H2,1H3,(H,11,14)(H,10,12,13). The molecule has 0 aliphatic heterocycles. The zero-order valence-electron chi connectivity index (χ0n) is 8.45. The number of aromatic amines is 1. The molecule has 0 aliphatic carbocycles. The Morgan fingerprint density at radius 1 is 1.67 bits per heavy atom.